The number of aliphatic imine (C=N–C) groups is 1. The molecule has 2 fully saturated rings. The highest BCUT2D eigenvalue weighted by Crippen LogP contribution is 2.25. The first-order valence-electron chi connectivity index (χ1n) is 9.85. The van der Waals surface area contributed by atoms with Gasteiger partial charge in [0.25, 0.3) is 0 Å². The molecule has 3 rings (SSSR count). The van der Waals surface area contributed by atoms with Crippen molar-refractivity contribution in [1.82, 2.24) is 20.5 Å². The number of nitrogens with one attached hydrogen (secondary N) is 2. The maximum absolute atomic E-state index is 12.4. The molecular weight excluding hydrogens is 491 g/mol. The van der Waals surface area contributed by atoms with Crippen LogP contribution in [-0.4, -0.2) is 67.1 Å². The van der Waals surface area contributed by atoms with Gasteiger partial charge in [0, 0.05) is 45.0 Å². The first kappa shape index (κ1) is 23.0. The number of pyridine rings is 1. The zero-order valence-corrected chi connectivity index (χ0v) is 19.5. The fraction of sp³-hybridized carbons (Fsp3) is 0.632. The van der Waals surface area contributed by atoms with E-state index < -0.39 is 0 Å². The highest BCUT2D eigenvalue weighted by molar-refractivity contribution is 14.0. The van der Waals surface area contributed by atoms with Crippen LogP contribution in [0.2, 0.25) is 5.02 Å². The molecule has 7 nitrogen and oxygen atoms in total. The van der Waals surface area contributed by atoms with E-state index in [1.54, 1.807) is 6.20 Å². The minimum Gasteiger partial charge on any atom is -0.357 e. The molecule has 9 heteroatoms. The Morgan fingerprint density at radius 3 is 2.82 bits per heavy atom. The van der Waals surface area contributed by atoms with Crippen LogP contribution in [0.3, 0.4) is 0 Å². The first-order chi connectivity index (χ1) is 13.2. The van der Waals surface area contributed by atoms with Crippen LogP contribution in [-0.2, 0) is 4.79 Å². The molecule has 0 saturated carbocycles. The van der Waals surface area contributed by atoms with Crippen LogP contribution in [0, 0.1) is 0 Å². The molecule has 0 aromatic carbocycles. The van der Waals surface area contributed by atoms with Gasteiger partial charge in [-0.15, -0.1) is 24.0 Å². The quantitative estimate of drug-likeness (QED) is 0.355. The lowest BCUT2D eigenvalue weighted by molar-refractivity contribution is -0.130. The van der Waals surface area contributed by atoms with Crippen LogP contribution in [0.1, 0.15) is 32.6 Å². The van der Waals surface area contributed by atoms with Gasteiger partial charge >= 0.3 is 0 Å². The number of piperidine rings is 1. The number of hydrogen-bond acceptors (Lipinski definition) is 4. The van der Waals surface area contributed by atoms with Crippen molar-refractivity contribution in [3.63, 3.8) is 0 Å². The monoisotopic (exact) mass is 520 g/mol. The Hall–Kier alpha value is -1.29. The first-order valence-corrected chi connectivity index (χ1v) is 10.2. The lowest BCUT2D eigenvalue weighted by Gasteiger charge is -2.26. The predicted molar refractivity (Wildman–Crippen MR) is 125 cm³/mol. The number of likely N-dealkylation sites (tertiary alicyclic amines) is 1. The summed E-state index contributed by atoms with van der Waals surface area (Å²) in [7, 11) is 0. The van der Waals surface area contributed by atoms with E-state index in [0.717, 1.165) is 57.8 Å². The zero-order valence-electron chi connectivity index (χ0n) is 16.4. The van der Waals surface area contributed by atoms with E-state index >= 15 is 0 Å². The minimum atomic E-state index is 0. The van der Waals surface area contributed by atoms with Crippen molar-refractivity contribution in [3.05, 3.63) is 23.4 Å². The summed E-state index contributed by atoms with van der Waals surface area (Å²) >= 11 is 6.26. The smallest absolute Gasteiger partial charge is 0.244 e. The Balaban J connectivity index is 0.00000280. The van der Waals surface area contributed by atoms with Gasteiger partial charge in [0.2, 0.25) is 5.91 Å². The Bertz CT molecular complexity index is 668. The SMILES string of the molecule is CCNC(=NCC(=O)N1CCCCC1)NC1CCN(c2ncccc2Cl)C1.I. The molecule has 2 aliphatic heterocycles. The topological polar surface area (TPSA) is 72.9 Å². The number of hydrogen-bond donors (Lipinski definition) is 2. The summed E-state index contributed by atoms with van der Waals surface area (Å²) in [5.41, 5.74) is 0. The molecule has 0 radical (unpaired) electrons. The van der Waals surface area contributed by atoms with Crippen LogP contribution in [0.4, 0.5) is 5.82 Å². The summed E-state index contributed by atoms with van der Waals surface area (Å²) in [6, 6.07) is 3.95. The van der Waals surface area contributed by atoms with Gasteiger partial charge in [-0.1, -0.05) is 11.6 Å². The van der Waals surface area contributed by atoms with Gasteiger partial charge in [-0.05, 0) is 44.7 Å². The fourth-order valence-electron chi connectivity index (χ4n) is 3.58. The molecule has 28 heavy (non-hydrogen) atoms. The van der Waals surface area contributed by atoms with Crippen LogP contribution in [0.25, 0.3) is 0 Å². The third-order valence-electron chi connectivity index (χ3n) is 4.99. The molecule has 1 aromatic rings. The van der Waals surface area contributed by atoms with E-state index in [2.05, 4.69) is 25.5 Å². The molecule has 0 spiro atoms. The zero-order chi connectivity index (χ0) is 19.1. The molecule has 2 N–H and O–H groups in total. The van der Waals surface area contributed by atoms with Crippen molar-refractivity contribution in [3.8, 4) is 0 Å². The van der Waals surface area contributed by atoms with Gasteiger partial charge in [-0.3, -0.25) is 4.79 Å². The Labute approximate surface area is 189 Å². The maximum Gasteiger partial charge on any atom is 0.244 e. The van der Waals surface area contributed by atoms with E-state index in [1.165, 1.54) is 6.42 Å². The molecular formula is C19H30ClIN6O. The third kappa shape index (κ3) is 6.37. The summed E-state index contributed by atoms with van der Waals surface area (Å²) in [4.78, 5) is 25.4. The number of carbonyl (C=O) groups is 1. The summed E-state index contributed by atoms with van der Waals surface area (Å²) in [6.07, 6.45) is 6.15. The average Bonchev–Trinajstić information content (AvgIpc) is 3.15. The van der Waals surface area contributed by atoms with Gasteiger partial charge in [-0.25, -0.2) is 9.98 Å². The van der Waals surface area contributed by atoms with Crippen LogP contribution in [0.5, 0.6) is 0 Å². The largest absolute Gasteiger partial charge is 0.357 e. The lowest BCUT2D eigenvalue weighted by atomic mass is 10.1. The molecule has 2 aliphatic rings. The number of halogens is 2. The number of guanidine groups is 1. The summed E-state index contributed by atoms with van der Waals surface area (Å²) in [5, 5.41) is 7.36. The van der Waals surface area contributed by atoms with Gasteiger partial charge in [0.05, 0.1) is 5.02 Å². The molecule has 1 aromatic heterocycles. The van der Waals surface area contributed by atoms with Gasteiger partial charge in [0.1, 0.15) is 12.4 Å². The molecule has 0 bridgehead atoms. The molecule has 3 heterocycles. The van der Waals surface area contributed by atoms with E-state index in [-0.39, 0.29) is 42.5 Å². The third-order valence-corrected chi connectivity index (χ3v) is 5.29. The number of carbonyl (C=O) groups excluding carboxylic acids is 1. The van der Waals surface area contributed by atoms with E-state index in [4.69, 9.17) is 11.6 Å². The molecule has 156 valence electrons. The minimum absolute atomic E-state index is 0. The molecule has 2 saturated heterocycles. The van der Waals surface area contributed by atoms with E-state index in [0.29, 0.717) is 11.0 Å². The van der Waals surface area contributed by atoms with Gasteiger partial charge in [-0.2, -0.15) is 0 Å². The standard InChI is InChI=1S/C19H29ClN6O.HI/c1-2-21-19(23-13-17(27)25-10-4-3-5-11-25)24-15-8-12-26(14-15)18-16(20)7-6-9-22-18;/h6-7,9,15H,2-5,8,10-14H2,1H3,(H2,21,23,24);1H. The van der Waals surface area contributed by atoms with Crippen molar-refractivity contribution in [2.45, 2.75) is 38.6 Å². The van der Waals surface area contributed by atoms with Crippen LogP contribution >= 0.6 is 35.6 Å². The van der Waals surface area contributed by atoms with Crippen molar-refractivity contribution in [2.75, 3.05) is 44.2 Å². The highest BCUT2D eigenvalue weighted by Gasteiger charge is 2.25. The highest BCUT2D eigenvalue weighted by atomic mass is 127. The van der Waals surface area contributed by atoms with Crippen LogP contribution < -0.4 is 15.5 Å². The molecule has 1 atom stereocenters. The number of nitrogens with zero attached hydrogens (tertiary/aromatic N) is 4. The van der Waals surface area contributed by atoms with Crippen molar-refractivity contribution < 1.29 is 4.79 Å². The van der Waals surface area contributed by atoms with Crippen LogP contribution in [0.15, 0.2) is 23.3 Å². The van der Waals surface area contributed by atoms with Crippen molar-refractivity contribution in [1.29, 1.82) is 0 Å². The molecule has 1 unspecified atom stereocenters. The summed E-state index contributed by atoms with van der Waals surface area (Å²) < 4.78 is 0. The van der Waals surface area contributed by atoms with Crippen molar-refractivity contribution in [2.24, 2.45) is 4.99 Å². The number of amides is 1. The second-order valence-corrected chi connectivity index (χ2v) is 7.43. The molecule has 1 amide bonds. The van der Waals surface area contributed by atoms with Gasteiger partial charge in [0.15, 0.2) is 5.96 Å². The Morgan fingerprint density at radius 2 is 2.11 bits per heavy atom. The predicted octanol–water partition coefficient (Wildman–Crippen LogP) is 2.50. The number of anilines is 1. The normalized spacial score (nSPS) is 19.9. The van der Waals surface area contributed by atoms with E-state index in [1.807, 2.05) is 24.0 Å². The Kier molecular flexibility index (Phi) is 9.57. The second-order valence-electron chi connectivity index (χ2n) is 7.02. The van der Waals surface area contributed by atoms with Crippen molar-refractivity contribution >= 4 is 53.3 Å². The summed E-state index contributed by atoms with van der Waals surface area (Å²) in [6.45, 7) is 6.39. The lowest BCUT2D eigenvalue weighted by Crippen LogP contribution is -2.45. The maximum atomic E-state index is 12.4. The second kappa shape index (κ2) is 11.6. The van der Waals surface area contributed by atoms with Gasteiger partial charge < -0.3 is 20.4 Å². The number of rotatable bonds is 5. The van der Waals surface area contributed by atoms with E-state index in [9.17, 15) is 4.79 Å². The number of aromatic nitrogens is 1. The average molecular weight is 521 g/mol. The molecule has 0 aliphatic carbocycles. The Morgan fingerprint density at radius 1 is 1.32 bits per heavy atom. The summed E-state index contributed by atoms with van der Waals surface area (Å²) in [5.74, 6) is 1.63. The fourth-order valence-corrected chi connectivity index (χ4v) is 3.82.